The van der Waals surface area contributed by atoms with Gasteiger partial charge in [-0.1, -0.05) is 158 Å². The lowest BCUT2D eigenvalue weighted by atomic mass is 9.86. The van der Waals surface area contributed by atoms with Crippen LogP contribution in [-0.4, -0.2) is 0 Å². The number of allylic oxidation sites excluding steroid dienone is 1. The van der Waals surface area contributed by atoms with E-state index in [2.05, 4.69) is 205 Å². The summed E-state index contributed by atoms with van der Waals surface area (Å²) in [4.78, 5) is 2.42. The summed E-state index contributed by atoms with van der Waals surface area (Å²) in [5.74, 6) is 0. The lowest BCUT2D eigenvalue weighted by molar-refractivity contribution is 0.669. The van der Waals surface area contributed by atoms with Crippen molar-refractivity contribution >= 4 is 83.0 Å². The maximum absolute atomic E-state index is 6.28. The summed E-state index contributed by atoms with van der Waals surface area (Å²) in [6.45, 7) is 0. The number of anilines is 3. The molecule has 0 spiro atoms. The minimum absolute atomic E-state index is 0.905. The highest BCUT2D eigenvalue weighted by atomic mass is 16.3. The number of hydrogen-bond acceptors (Lipinski definition) is 2. The summed E-state index contributed by atoms with van der Waals surface area (Å²) in [5, 5.41) is 9.93. The highest BCUT2D eigenvalue weighted by Gasteiger charge is 2.20. The third kappa shape index (κ3) is 5.72. The Morgan fingerprint density at radius 2 is 1.02 bits per heavy atom. The fourth-order valence-corrected chi connectivity index (χ4v) is 9.68. The van der Waals surface area contributed by atoms with Crippen molar-refractivity contribution in [2.45, 2.75) is 12.8 Å². The van der Waals surface area contributed by atoms with Gasteiger partial charge in [-0.25, -0.2) is 0 Å². The maximum atomic E-state index is 6.28. The highest BCUT2D eigenvalue weighted by molar-refractivity contribution is 6.14. The molecule has 0 aliphatic heterocycles. The molecule has 2 nitrogen and oxygen atoms in total. The Labute approximate surface area is 348 Å². The van der Waals surface area contributed by atoms with Gasteiger partial charge in [-0.15, -0.1) is 0 Å². The van der Waals surface area contributed by atoms with Crippen LogP contribution in [0.15, 0.2) is 211 Å². The predicted octanol–water partition coefficient (Wildman–Crippen LogP) is 16.3. The normalized spacial score (nSPS) is 12.6. The molecule has 10 aromatic carbocycles. The third-order valence-corrected chi connectivity index (χ3v) is 12.5. The number of aryl methyl sites for hydroxylation is 1. The molecular formula is C58H39NO. The number of furan rings is 1. The van der Waals surface area contributed by atoms with Crippen LogP contribution in [0, 0.1) is 0 Å². The van der Waals surface area contributed by atoms with Crippen LogP contribution in [-0.2, 0) is 6.42 Å². The average Bonchev–Trinajstić information content (AvgIpc) is 3.71. The van der Waals surface area contributed by atoms with Crippen LogP contribution in [0.1, 0.15) is 23.1 Å². The maximum Gasteiger partial charge on any atom is 0.136 e. The number of nitrogens with zero attached hydrogens (tertiary/aromatic N) is 1. The van der Waals surface area contributed by atoms with Crippen LogP contribution in [0.5, 0.6) is 0 Å². The average molecular weight is 766 g/mol. The van der Waals surface area contributed by atoms with Gasteiger partial charge in [-0.05, 0) is 144 Å². The molecule has 0 N–H and O–H groups in total. The topological polar surface area (TPSA) is 16.4 Å². The van der Waals surface area contributed by atoms with Crippen LogP contribution in [0.4, 0.5) is 17.1 Å². The Morgan fingerprint density at radius 3 is 1.85 bits per heavy atom. The molecule has 0 saturated carbocycles. The van der Waals surface area contributed by atoms with Crippen molar-refractivity contribution in [2.75, 3.05) is 4.90 Å². The second kappa shape index (κ2) is 14.0. The molecule has 2 heteroatoms. The molecule has 0 amide bonds. The number of hydrogen-bond donors (Lipinski definition) is 0. The first kappa shape index (κ1) is 34.4. The predicted molar refractivity (Wildman–Crippen MR) is 254 cm³/mol. The smallest absolute Gasteiger partial charge is 0.136 e. The summed E-state index contributed by atoms with van der Waals surface area (Å²) in [6.07, 6.45) is 4.47. The van der Waals surface area contributed by atoms with E-state index >= 15 is 0 Å². The van der Waals surface area contributed by atoms with Gasteiger partial charge in [-0.3, -0.25) is 0 Å². The van der Waals surface area contributed by atoms with Crippen molar-refractivity contribution in [3.63, 3.8) is 0 Å². The van der Waals surface area contributed by atoms with Crippen molar-refractivity contribution in [3.8, 4) is 22.3 Å². The van der Waals surface area contributed by atoms with Crippen molar-refractivity contribution in [2.24, 2.45) is 0 Å². The van der Waals surface area contributed by atoms with E-state index in [4.69, 9.17) is 4.42 Å². The van der Waals surface area contributed by atoms with Gasteiger partial charge in [0, 0.05) is 27.8 Å². The molecule has 0 fully saturated rings. The minimum Gasteiger partial charge on any atom is -0.456 e. The van der Waals surface area contributed by atoms with Crippen LogP contribution in [0.2, 0.25) is 0 Å². The monoisotopic (exact) mass is 765 g/mol. The van der Waals surface area contributed by atoms with Gasteiger partial charge in [-0.2, -0.15) is 0 Å². The van der Waals surface area contributed by atoms with Gasteiger partial charge in [0.15, 0.2) is 0 Å². The van der Waals surface area contributed by atoms with Gasteiger partial charge in [0.2, 0.25) is 0 Å². The second-order valence-electron chi connectivity index (χ2n) is 16.0. The van der Waals surface area contributed by atoms with Gasteiger partial charge in [0.1, 0.15) is 11.2 Å². The molecule has 0 radical (unpaired) electrons. The van der Waals surface area contributed by atoms with E-state index in [1.165, 1.54) is 71.3 Å². The molecule has 1 aliphatic carbocycles. The Balaban J connectivity index is 1.01. The molecule has 1 aliphatic rings. The van der Waals surface area contributed by atoms with Gasteiger partial charge < -0.3 is 9.32 Å². The van der Waals surface area contributed by atoms with E-state index in [9.17, 15) is 0 Å². The minimum atomic E-state index is 0.905. The fourth-order valence-electron chi connectivity index (χ4n) is 9.68. The Hall–Kier alpha value is -7.68. The highest BCUT2D eigenvalue weighted by Crippen LogP contribution is 2.43. The molecule has 0 unspecified atom stereocenters. The molecule has 12 rings (SSSR count). The van der Waals surface area contributed by atoms with Crippen molar-refractivity contribution in [1.29, 1.82) is 0 Å². The van der Waals surface area contributed by atoms with E-state index < -0.39 is 0 Å². The van der Waals surface area contributed by atoms with Gasteiger partial charge in [0.05, 0.1) is 0 Å². The number of para-hydroxylation sites is 1. The molecule has 282 valence electrons. The lowest BCUT2D eigenvalue weighted by Gasteiger charge is -2.27. The van der Waals surface area contributed by atoms with Gasteiger partial charge >= 0.3 is 0 Å². The summed E-state index contributed by atoms with van der Waals surface area (Å²) >= 11 is 0. The van der Waals surface area contributed by atoms with Crippen LogP contribution < -0.4 is 4.90 Å². The first-order chi connectivity index (χ1) is 29.7. The molecule has 11 aromatic rings. The summed E-state index contributed by atoms with van der Waals surface area (Å²) in [7, 11) is 0. The zero-order valence-corrected chi connectivity index (χ0v) is 33.0. The van der Waals surface area contributed by atoms with E-state index in [0.717, 1.165) is 57.4 Å². The van der Waals surface area contributed by atoms with E-state index in [1.54, 1.807) is 0 Å². The number of benzene rings is 10. The quantitative estimate of drug-likeness (QED) is 0.157. The van der Waals surface area contributed by atoms with Crippen LogP contribution >= 0.6 is 0 Å². The summed E-state index contributed by atoms with van der Waals surface area (Å²) in [6, 6.07) is 75.1. The zero-order valence-electron chi connectivity index (χ0n) is 33.0. The molecular weight excluding hydrogens is 727 g/mol. The Bertz CT molecular complexity index is 3500. The second-order valence-corrected chi connectivity index (χ2v) is 16.0. The van der Waals surface area contributed by atoms with Crippen molar-refractivity contribution in [1.82, 2.24) is 0 Å². The largest absolute Gasteiger partial charge is 0.456 e. The first-order valence-corrected chi connectivity index (χ1v) is 20.9. The lowest BCUT2D eigenvalue weighted by Crippen LogP contribution is -2.10. The number of rotatable bonds is 6. The first-order valence-electron chi connectivity index (χ1n) is 20.9. The van der Waals surface area contributed by atoms with Crippen molar-refractivity contribution < 1.29 is 4.42 Å². The van der Waals surface area contributed by atoms with Gasteiger partial charge in [0.25, 0.3) is 0 Å². The van der Waals surface area contributed by atoms with Crippen LogP contribution in [0.3, 0.4) is 0 Å². The SMILES string of the molecule is C1=C(c2cccc(N(c3ccc(-c4cccc5oc6ccccc6c45)cc3)c3cccc(-c4cc5ccccc5c5ccccc45)c3)c2)CCc2ccc3ccccc3c21. The standard InChI is InChI=1S/C58H39NO/c1-3-18-48-38(12-1)26-27-40-28-29-42(36-54(40)48)41-14-9-16-46(34-41)59(45-32-30-39(31-33-45)50-23-11-25-57-58(50)53-22-7-8-24-56(53)60-57)47-17-10-15-43(35-47)55-37-44-13-2-4-19-49(44)51-20-5-6-21-52(51)55/h1-27,30-37H,28-29H2. The fraction of sp³-hybridized carbons (Fsp3) is 0.0345. The molecule has 0 saturated heterocycles. The van der Waals surface area contributed by atoms with Crippen LogP contribution in [0.25, 0.3) is 88.2 Å². The van der Waals surface area contributed by atoms with Crippen molar-refractivity contribution in [3.05, 3.63) is 223 Å². The molecule has 1 aromatic heterocycles. The van der Waals surface area contributed by atoms with E-state index in [1.807, 2.05) is 12.1 Å². The number of fused-ring (bicyclic) bond motifs is 9. The zero-order chi connectivity index (χ0) is 39.6. The van der Waals surface area contributed by atoms with E-state index in [-0.39, 0.29) is 0 Å². The Morgan fingerprint density at radius 1 is 0.367 bits per heavy atom. The molecule has 1 heterocycles. The van der Waals surface area contributed by atoms with E-state index in [0.29, 0.717) is 0 Å². The third-order valence-electron chi connectivity index (χ3n) is 12.5. The summed E-state index contributed by atoms with van der Waals surface area (Å²) < 4.78 is 6.28. The molecule has 0 bridgehead atoms. The molecule has 60 heavy (non-hydrogen) atoms. The summed E-state index contributed by atoms with van der Waals surface area (Å²) in [5.41, 5.74) is 15.3. The Kier molecular flexibility index (Phi) is 8.02. The molecule has 0 atom stereocenters.